The van der Waals surface area contributed by atoms with Crippen LogP contribution in [0.25, 0.3) is 12.2 Å². The van der Waals surface area contributed by atoms with Crippen LogP contribution in [0.15, 0.2) is 61.7 Å². The van der Waals surface area contributed by atoms with Gasteiger partial charge in [0.25, 0.3) is 6.47 Å². The van der Waals surface area contributed by atoms with Crippen molar-refractivity contribution in [1.29, 1.82) is 0 Å². The van der Waals surface area contributed by atoms with Crippen molar-refractivity contribution in [3.8, 4) is 0 Å². The average Bonchev–Trinajstić information content (AvgIpc) is 3.17. The molecule has 0 saturated carbocycles. The number of aliphatic hydroxyl groups excluding tert-OH is 11. The summed E-state index contributed by atoms with van der Waals surface area (Å²) in [4.78, 5) is 13.0. The third kappa shape index (κ3) is 30.3. The molecule has 0 unspecified atom stereocenters. The minimum absolute atomic E-state index is 0. The summed E-state index contributed by atoms with van der Waals surface area (Å²) in [5, 5.41) is 110. The maximum Gasteiger partial charge on any atom is 1.00 e. The topological polar surface area (TPSA) is 287 Å². The van der Waals surface area contributed by atoms with Crippen molar-refractivity contribution in [2.45, 2.75) is 68.7 Å². The average molecular weight is 815 g/mol. The molecule has 0 heterocycles. The van der Waals surface area contributed by atoms with Crippen LogP contribution in [0, 0.1) is 0 Å². The minimum atomic E-state index is -1.60. The van der Waals surface area contributed by atoms with Gasteiger partial charge in [-0.1, -0.05) is 81.3 Å². The van der Waals surface area contributed by atoms with Crippen molar-refractivity contribution in [3.05, 3.63) is 83.9 Å². The van der Waals surface area contributed by atoms with Crippen LogP contribution in [-0.2, 0) is 22.1 Å². The first kappa shape index (κ1) is 65.0. The van der Waals surface area contributed by atoms with Gasteiger partial charge in [0.05, 0.1) is 25.4 Å². The predicted octanol–water partition coefficient (Wildman–Crippen LogP) is -8.29. The van der Waals surface area contributed by atoms with E-state index in [9.17, 15) is 25.5 Å². The zero-order valence-corrected chi connectivity index (χ0v) is 35.9. The number of carbonyl (C=O) groups excluding carboxylic acids is 1. The molecule has 0 amide bonds. The molecular formula is C35H61ClN2Na2O14. The van der Waals surface area contributed by atoms with E-state index >= 15 is 0 Å². The Kier molecular flexibility index (Phi) is 50.2. The second-order valence-corrected chi connectivity index (χ2v) is 10.8. The largest absolute Gasteiger partial charge is 1.00 e. The molecule has 0 aliphatic rings. The van der Waals surface area contributed by atoms with Crippen LogP contribution >= 0.6 is 11.6 Å². The number of alkyl halides is 1. The van der Waals surface area contributed by atoms with Crippen LogP contribution < -0.4 is 69.7 Å². The van der Waals surface area contributed by atoms with Crippen molar-refractivity contribution in [2.24, 2.45) is 0 Å². The SMILES string of the molecule is C.C=Cc1ccc(CCl)cc1.C=Cc1ccc(CN(C)C[C@H](O)[C@@H](O)[C@H](O)[C@H](O)CO)cc1.CNC[C@H](O)[C@@H](O)[C@H](O)[C@H](O)CO.CO.O=CO[O-].[H-].[Na+].[Na+]. The van der Waals surface area contributed by atoms with Gasteiger partial charge in [-0.2, -0.15) is 0 Å². The summed E-state index contributed by atoms with van der Waals surface area (Å²) < 4.78 is 0. The third-order valence-corrected chi connectivity index (χ3v) is 6.95. The van der Waals surface area contributed by atoms with Crippen molar-refractivity contribution < 1.29 is 132 Å². The molecule has 2 aromatic rings. The van der Waals surface area contributed by atoms with Crippen LogP contribution in [-0.4, -0.2) is 164 Å². The molecule has 2 aromatic carbocycles. The van der Waals surface area contributed by atoms with E-state index in [1.165, 1.54) is 0 Å². The summed E-state index contributed by atoms with van der Waals surface area (Å²) in [7, 11) is 4.34. The van der Waals surface area contributed by atoms with Gasteiger partial charge in [-0.3, -0.25) is 9.69 Å². The van der Waals surface area contributed by atoms with E-state index in [0.29, 0.717) is 12.4 Å². The van der Waals surface area contributed by atoms with Gasteiger partial charge in [0.1, 0.15) is 36.6 Å². The van der Waals surface area contributed by atoms with Gasteiger partial charge in [0, 0.05) is 32.6 Å². The number of hydrogen-bond acceptors (Lipinski definition) is 16. The quantitative estimate of drug-likeness (QED) is 0.0219. The summed E-state index contributed by atoms with van der Waals surface area (Å²) in [5.41, 5.74) is 4.33. The number of hydrogen-bond donors (Lipinski definition) is 12. The molecule has 0 spiro atoms. The summed E-state index contributed by atoms with van der Waals surface area (Å²) in [6.07, 6.45) is -7.94. The fourth-order valence-electron chi connectivity index (χ4n) is 3.76. The van der Waals surface area contributed by atoms with Gasteiger partial charge in [-0.15, -0.1) is 11.6 Å². The molecule has 304 valence electrons. The van der Waals surface area contributed by atoms with Gasteiger partial charge < -0.3 is 73.1 Å². The maximum atomic E-state index is 9.91. The van der Waals surface area contributed by atoms with Crippen LogP contribution in [0.5, 0.6) is 0 Å². The first-order chi connectivity index (χ1) is 24.2. The van der Waals surface area contributed by atoms with Gasteiger partial charge in [-0.25, -0.2) is 0 Å². The zero-order valence-electron chi connectivity index (χ0n) is 32.1. The van der Waals surface area contributed by atoms with E-state index in [-0.39, 0.29) is 87.5 Å². The molecule has 0 fully saturated rings. The van der Waals surface area contributed by atoms with E-state index in [4.69, 9.17) is 52.3 Å². The standard InChI is InChI=1S/C16H25NO5.C9H9Cl.C7H17NO5.CH2O3.CH4O.CH4.2Na.H/c1-3-11-4-6-12(7-5-11)8-17(2)9-13(19)15(21)16(22)14(20)10-18;1-2-8-3-5-9(7-10)6-4-8;1-8-2-4(10)6(12)7(13)5(11)3-9;2-1-4-3;1-2;;;;/h3-7,13-16,18-22H,1,8-10H2,2H3;2-6H,1,7H2;4-13H,2-3H2,1H3;1,3H;2H,1H3;1H4;;;/q;;;;;;2*+1;-1/p-1/t13-,14+,15+,16+;;4-,5+,6+,7+;;;;;;/m0.0....../s1. The molecule has 0 aliphatic carbocycles. The Hall–Kier alpha value is -0.880. The number of aliphatic hydroxyl groups is 11. The van der Waals surface area contributed by atoms with E-state index in [1.807, 2.05) is 54.6 Å². The summed E-state index contributed by atoms with van der Waals surface area (Å²) in [6.45, 7) is 6.57. The first-order valence-electron chi connectivity index (χ1n) is 15.4. The van der Waals surface area contributed by atoms with E-state index in [1.54, 1.807) is 25.1 Å². The Morgan fingerprint density at radius 3 is 1.39 bits per heavy atom. The number of carbonyl (C=O) groups is 1. The van der Waals surface area contributed by atoms with Crippen LogP contribution in [0.2, 0.25) is 0 Å². The smallest absolute Gasteiger partial charge is 1.00 e. The second-order valence-electron chi connectivity index (χ2n) is 10.6. The van der Waals surface area contributed by atoms with Gasteiger partial charge in [0.15, 0.2) is 0 Å². The molecule has 0 saturated heterocycles. The van der Waals surface area contributed by atoms with Crippen molar-refractivity contribution in [3.63, 3.8) is 0 Å². The minimum Gasteiger partial charge on any atom is -1.00 e. The van der Waals surface area contributed by atoms with Crippen molar-refractivity contribution >= 4 is 30.2 Å². The molecule has 12 N–H and O–H groups in total. The van der Waals surface area contributed by atoms with E-state index < -0.39 is 62.0 Å². The molecule has 16 nitrogen and oxygen atoms in total. The Labute approximate surface area is 369 Å². The number of nitrogens with zero attached hydrogens (tertiary/aromatic N) is 1. The number of halogens is 1. The summed E-state index contributed by atoms with van der Waals surface area (Å²) in [6, 6.07) is 15.8. The van der Waals surface area contributed by atoms with Gasteiger partial charge in [0.2, 0.25) is 0 Å². The molecular weight excluding hydrogens is 754 g/mol. The molecule has 0 radical (unpaired) electrons. The molecule has 8 atom stereocenters. The fraction of sp³-hybridized carbons (Fsp3) is 0.514. The maximum absolute atomic E-state index is 9.91. The molecule has 54 heavy (non-hydrogen) atoms. The summed E-state index contributed by atoms with van der Waals surface area (Å²) >= 11 is 5.60. The van der Waals surface area contributed by atoms with Crippen LogP contribution in [0.3, 0.4) is 0 Å². The van der Waals surface area contributed by atoms with E-state index in [2.05, 4.69) is 23.4 Å². The second kappa shape index (κ2) is 41.7. The molecule has 0 bridgehead atoms. The first-order valence-corrected chi connectivity index (χ1v) is 15.9. The number of nitrogens with one attached hydrogen (secondary N) is 1. The Bertz CT molecular complexity index is 1140. The number of benzene rings is 2. The van der Waals surface area contributed by atoms with E-state index in [0.717, 1.165) is 29.4 Å². The van der Waals surface area contributed by atoms with Crippen molar-refractivity contribution in [1.82, 2.24) is 10.2 Å². The van der Waals surface area contributed by atoms with Crippen molar-refractivity contribution in [2.75, 3.05) is 47.5 Å². The normalized spacial score (nSPS) is 14.2. The molecule has 0 aromatic heterocycles. The Morgan fingerprint density at radius 2 is 1.09 bits per heavy atom. The van der Waals surface area contributed by atoms with Crippen LogP contribution in [0.1, 0.15) is 31.1 Å². The van der Waals surface area contributed by atoms with Crippen LogP contribution in [0.4, 0.5) is 0 Å². The Balaban J connectivity index is -0.000000120. The number of likely N-dealkylation sites (N-methyl/N-ethyl adjacent to an activating group) is 2. The Morgan fingerprint density at radius 1 is 0.759 bits per heavy atom. The monoisotopic (exact) mass is 814 g/mol. The third-order valence-electron chi connectivity index (χ3n) is 6.64. The summed E-state index contributed by atoms with van der Waals surface area (Å²) in [5.74, 6) is 0.581. The predicted molar refractivity (Wildman–Crippen MR) is 198 cm³/mol. The molecule has 19 heteroatoms. The van der Waals surface area contributed by atoms with Gasteiger partial charge >= 0.3 is 59.1 Å². The number of rotatable bonds is 18. The molecule has 0 aliphatic heterocycles. The fourth-order valence-corrected chi connectivity index (χ4v) is 3.94. The van der Waals surface area contributed by atoms with Gasteiger partial charge in [-0.05, 0) is 36.3 Å². The zero-order chi connectivity index (χ0) is 39.9. The molecule has 2 rings (SSSR count).